The van der Waals surface area contributed by atoms with Gasteiger partial charge in [0, 0.05) is 5.25 Å². The van der Waals surface area contributed by atoms with Crippen LogP contribution in [-0.2, 0) is 4.79 Å². The summed E-state index contributed by atoms with van der Waals surface area (Å²) in [7, 11) is 0. The van der Waals surface area contributed by atoms with Crippen LogP contribution in [0.15, 0.2) is 0 Å². The third-order valence-corrected chi connectivity index (χ3v) is 4.57. The molecular formula is C11H20O2S. The van der Waals surface area contributed by atoms with E-state index in [0.29, 0.717) is 5.25 Å². The van der Waals surface area contributed by atoms with Gasteiger partial charge in [0.05, 0.1) is 0 Å². The molecule has 3 heteroatoms. The molecule has 3 atom stereocenters. The lowest BCUT2D eigenvalue weighted by Crippen LogP contribution is -2.23. The summed E-state index contributed by atoms with van der Waals surface area (Å²) in [4.78, 5) is 10.9. The first-order valence-electron chi connectivity index (χ1n) is 5.51. The number of hydrogen-bond acceptors (Lipinski definition) is 2. The van der Waals surface area contributed by atoms with Crippen LogP contribution in [0, 0.1) is 5.92 Å². The molecule has 0 amide bonds. The summed E-state index contributed by atoms with van der Waals surface area (Å²) >= 11 is 1.68. The van der Waals surface area contributed by atoms with Gasteiger partial charge in [-0.2, -0.15) is 0 Å². The second-order valence-corrected chi connectivity index (χ2v) is 5.77. The summed E-state index contributed by atoms with van der Waals surface area (Å²) < 4.78 is 0. The van der Waals surface area contributed by atoms with Crippen LogP contribution >= 0.6 is 11.8 Å². The van der Waals surface area contributed by atoms with Crippen molar-refractivity contribution in [3.8, 4) is 0 Å². The van der Waals surface area contributed by atoms with Gasteiger partial charge >= 0.3 is 5.97 Å². The van der Waals surface area contributed by atoms with Crippen LogP contribution in [0.25, 0.3) is 0 Å². The average molecular weight is 216 g/mol. The molecule has 0 saturated heterocycles. The molecule has 0 radical (unpaired) electrons. The minimum Gasteiger partial charge on any atom is -0.480 e. The van der Waals surface area contributed by atoms with E-state index in [1.807, 2.05) is 6.92 Å². The molecule has 1 N–H and O–H groups in total. The van der Waals surface area contributed by atoms with Crippen LogP contribution in [0.5, 0.6) is 0 Å². The highest BCUT2D eigenvalue weighted by atomic mass is 32.2. The van der Waals surface area contributed by atoms with E-state index in [0.717, 1.165) is 12.3 Å². The summed E-state index contributed by atoms with van der Waals surface area (Å²) in [5.74, 6) is 0.142. The van der Waals surface area contributed by atoms with Gasteiger partial charge in [0.2, 0.25) is 0 Å². The first-order valence-corrected chi connectivity index (χ1v) is 6.46. The van der Waals surface area contributed by atoms with Crippen molar-refractivity contribution in [1.29, 1.82) is 0 Å². The Morgan fingerprint density at radius 1 is 1.57 bits per heavy atom. The maximum absolute atomic E-state index is 10.9. The van der Waals surface area contributed by atoms with E-state index in [1.165, 1.54) is 25.7 Å². The minimum atomic E-state index is -0.643. The van der Waals surface area contributed by atoms with Gasteiger partial charge in [-0.15, -0.1) is 11.8 Å². The molecule has 1 fully saturated rings. The molecule has 0 heterocycles. The van der Waals surface area contributed by atoms with Gasteiger partial charge in [0.1, 0.15) is 5.25 Å². The quantitative estimate of drug-likeness (QED) is 0.784. The Labute approximate surface area is 90.5 Å². The summed E-state index contributed by atoms with van der Waals surface area (Å²) in [5.41, 5.74) is 0. The second kappa shape index (κ2) is 5.64. The van der Waals surface area contributed by atoms with Gasteiger partial charge in [-0.25, -0.2) is 0 Å². The highest BCUT2D eigenvalue weighted by Crippen LogP contribution is 2.34. The van der Waals surface area contributed by atoms with Crippen LogP contribution in [0.1, 0.15) is 46.0 Å². The van der Waals surface area contributed by atoms with E-state index in [2.05, 4.69) is 6.92 Å². The van der Waals surface area contributed by atoms with E-state index >= 15 is 0 Å². The van der Waals surface area contributed by atoms with Crippen molar-refractivity contribution in [2.75, 3.05) is 0 Å². The van der Waals surface area contributed by atoms with E-state index in [1.54, 1.807) is 11.8 Å². The number of hydrogen-bond donors (Lipinski definition) is 1. The van der Waals surface area contributed by atoms with Crippen molar-refractivity contribution in [1.82, 2.24) is 0 Å². The Bertz CT molecular complexity index is 194. The lowest BCUT2D eigenvalue weighted by atomic mass is 9.91. The Morgan fingerprint density at radius 2 is 2.29 bits per heavy atom. The Morgan fingerprint density at radius 3 is 2.79 bits per heavy atom. The number of aliphatic carboxylic acids is 1. The molecular weight excluding hydrogens is 196 g/mol. The maximum Gasteiger partial charge on any atom is 0.316 e. The number of carboxylic acid groups (broad SMARTS) is 1. The first-order chi connectivity index (χ1) is 6.63. The zero-order chi connectivity index (χ0) is 10.6. The maximum atomic E-state index is 10.9. The molecule has 0 aromatic heterocycles. The Kier molecular flexibility index (Phi) is 4.79. The van der Waals surface area contributed by atoms with E-state index in [4.69, 9.17) is 5.11 Å². The van der Waals surface area contributed by atoms with Crippen molar-refractivity contribution in [3.05, 3.63) is 0 Å². The molecule has 0 spiro atoms. The molecule has 1 aliphatic carbocycles. The van der Waals surface area contributed by atoms with Crippen LogP contribution < -0.4 is 0 Å². The van der Waals surface area contributed by atoms with Gasteiger partial charge in [0.15, 0.2) is 0 Å². The topological polar surface area (TPSA) is 37.3 Å². The third-order valence-electron chi connectivity index (χ3n) is 2.89. The van der Waals surface area contributed by atoms with E-state index in [9.17, 15) is 4.79 Å². The lowest BCUT2D eigenvalue weighted by molar-refractivity contribution is -0.136. The summed E-state index contributed by atoms with van der Waals surface area (Å²) in [6, 6.07) is 0. The minimum absolute atomic E-state index is 0.190. The fourth-order valence-corrected chi connectivity index (χ4v) is 3.58. The Hall–Kier alpha value is -0.180. The van der Waals surface area contributed by atoms with Gasteiger partial charge in [-0.1, -0.05) is 26.7 Å². The first kappa shape index (κ1) is 11.9. The molecule has 0 aromatic carbocycles. The predicted octanol–water partition coefficient (Wildman–Crippen LogP) is 3.16. The molecule has 1 saturated carbocycles. The predicted molar refractivity (Wildman–Crippen MR) is 60.7 cm³/mol. The molecule has 1 aliphatic rings. The smallest absolute Gasteiger partial charge is 0.316 e. The fourth-order valence-electron chi connectivity index (χ4n) is 2.06. The summed E-state index contributed by atoms with van der Waals surface area (Å²) in [5, 5.41) is 9.34. The Balaban J connectivity index is 2.37. The molecule has 2 nitrogen and oxygen atoms in total. The van der Waals surface area contributed by atoms with E-state index in [-0.39, 0.29) is 5.25 Å². The zero-order valence-electron chi connectivity index (χ0n) is 9.03. The van der Waals surface area contributed by atoms with Crippen molar-refractivity contribution in [3.63, 3.8) is 0 Å². The largest absolute Gasteiger partial charge is 0.480 e. The van der Waals surface area contributed by atoms with E-state index < -0.39 is 5.97 Å². The molecule has 1 rings (SSSR count). The number of carboxylic acids is 1. The van der Waals surface area contributed by atoms with Crippen LogP contribution in [-0.4, -0.2) is 21.6 Å². The van der Waals surface area contributed by atoms with Gasteiger partial charge < -0.3 is 5.11 Å². The van der Waals surface area contributed by atoms with Crippen molar-refractivity contribution in [2.45, 2.75) is 56.5 Å². The zero-order valence-corrected chi connectivity index (χ0v) is 9.85. The number of rotatable bonds is 4. The van der Waals surface area contributed by atoms with Gasteiger partial charge in [-0.05, 0) is 25.2 Å². The van der Waals surface area contributed by atoms with Gasteiger partial charge in [-0.3, -0.25) is 4.79 Å². The van der Waals surface area contributed by atoms with Crippen molar-refractivity contribution >= 4 is 17.7 Å². The molecule has 0 bridgehead atoms. The highest BCUT2D eigenvalue weighted by Gasteiger charge is 2.25. The molecule has 0 aliphatic heterocycles. The van der Waals surface area contributed by atoms with Crippen LogP contribution in [0.4, 0.5) is 0 Å². The third kappa shape index (κ3) is 3.52. The fraction of sp³-hybridized carbons (Fsp3) is 0.909. The molecule has 82 valence electrons. The summed E-state index contributed by atoms with van der Waals surface area (Å²) in [6.07, 6.45) is 5.74. The SMILES string of the molecule is CCC(SC1CCCC(C)C1)C(=O)O. The van der Waals surface area contributed by atoms with Crippen molar-refractivity contribution in [2.24, 2.45) is 5.92 Å². The molecule has 3 unspecified atom stereocenters. The highest BCUT2D eigenvalue weighted by molar-refractivity contribution is 8.01. The monoisotopic (exact) mass is 216 g/mol. The molecule has 0 aromatic rings. The number of thioether (sulfide) groups is 1. The van der Waals surface area contributed by atoms with Crippen LogP contribution in [0.3, 0.4) is 0 Å². The molecule has 14 heavy (non-hydrogen) atoms. The average Bonchev–Trinajstić information content (AvgIpc) is 2.14. The number of carbonyl (C=O) groups is 1. The lowest BCUT2D eigenvalue weighted by Gasteiger charge is -2.27. The van der Waals surface area contributed by atoms with Crippen molar-refractivity contribution < 1.29 is 9.90 Å². The normalized spacial score (nSPS) is 29.9. The standard InChI is InChI=1S/C11H20O2S/c1-3-10(11(12)13)14-9-6-4-5-8(2)7-9/h8-10H,3-7H2,1-2H3,(H,12,13). The van der Waals surface area contributed by atoms with Gasteiger partial charge in [0.25, 0.3) is 0 Å². The second-order valence-electron chi connectivity index (χ2n) is 4.26. The summed E-state index contributed by atoms with van der Waals surface area (Å²) in [6.45, 7) is 4.23. The van der Waals surface area contributed by atoms with Crippen LogP contribution in [0.2, 0.25) is 0 Å².